The molecule has 1 rings (SSSR count). The second-order valence-corrected chi connectivity index (χ2v) is 2.89. The van der Waals surface area contributed by atoms with E-state index in [9.17, 15) is 4.79 Å². The summed E-state index contributed by atoms with van der Waals surface area (Å²) < 4.78 is 6.10. The number of hydrogen-bond donors (Lipinski definition) is 0. The van der Waals surface area contributed by atoms with Gasteiger partial charge < -0.3 is 4.74 Å². The third-order valence-corrected chi connectivity index (χ3v) is 1.24. The van der Waals surface area contributed by atoms with Gasteiger partial charge in [0.2, 0.25) is 0 Å². The molecule has 0 fully saturated rings. The largest absolute Gasteiger partial charge is 0.445 e. The molecule has 0 saturated carbocycles. The fraction of sp³-hybridized carbons (Fsp3) is 0.500. The first-order valence-electron chi connectivity index (χ1n) is 3.82. The van der Waals surface area contributed by atoms with Crippen molar-refractivity contribution in [2.24, 2.45) is 0 Å². The summed E-state index contributed by atoms with van der Waals surface area (Å²) in [5.74, 6) is 0. The molecule has 0 aliphatic rings. The maximum atomic E-state index is 11.1. The Kier molecular flexibility index (Phi) is 2.47. The third kappa shape index (κ3) is 2.08. The van der Waals surface area contributed by atoms with Gasteiger partial charge in [-0.05, 0) is 26.3 Å². The van der Waals surface area contributed by atoms with Crippen LogP contribution in [0.4, 0.5) is 4.79 Å². The number of aryl methyl sites for hydroxylation is 1. The summed E-state index contributed by atoms with van der Waals surface area (Å²) in [6.07, 6.45) is 2.70. The lowest BCUT2D eigenvalue weighted by Gasteiger charge is -2.06. The van der Waals surface area contributed by atoms with E-state index in [1.165, 1.54) is 4.68 Å². The van der Waals surface area contributed by atoms with E-state index in [0.29, 0.717) is 0 Å². The zero-order chi connectivity index (χ0) is 9.14. The maximum absolute atomic E-state index is 11.1. The minimum absolute atomic E-state index is 0.109. The predicted octanol–water partition coefficient (Wildman–Crippen LogP) is 1.58. The quantitative estimate of drug-likeness (QED) is 0.639. The molecule has 1 aromatic heterocycles. The van der Waals surface area contributed by atoms with E-state index in [0.717, 1.165) is 5.56 Å². The molecule has 0 aliphatic heterocycles. The summed E-state index contributed by atoms with van der Waals surface area (Å²) >= 11 is 0. The van der Waals surface area contributed by atoms with E-state index in [4.69, 9.17) is 4.74 Å². The standard InChI is InChI=1S/C8H12N2O2/c1-6(2)12-8(11)10-5-7(3)4-9-10/h4-6H,1-3H3. The molecule has 0 amide bonds. The van der Waals surface area contributed by atoms with Crippen LogP contribution in [-0.2, 0) is 4.74 Å². The van der Waals surface area contributed by atoms with Gasteiger partial charge in [0.15, 0.2) is 0 Å². The lowest BCUT2D eigenvalue weighted by molar-refractivity contribution is 0.114. The SMILES string of the molecule is Cc1cnn(C(=O)OC(C)C)c1. The normalized spacial score (nSPS) is 10.3. The van der Waals surface area contributed by atoms with E-state index in [1.807, 2.05) is 6.92 Å². The van der Waals surface area contributed by atoms with Crippen LogP contribution < -0.4 is 0 Å². The van der Waals surface area contributed by atoms with Gasteiger partial charge in [-0.1, -0.05) is 0 Å². The van der Waals surface area contributed by atoms with Crippen molar-refractivity contribution in [3.63, 3.8) is 0 Å². The molecule has 0 N–H and O–H groups in total. The number of hydrogen-bond acceptors (Lipinski definition) is 3. The summed E-state index contributed by atoms with van der Waals surface area (Å²) in [6.45, 7) is 5.47. The molecule has 0 saturated heterocycles. The summed E-state index contributed by atoms with van der Waals surface area (Å²) in [4.78, 5) is 11.1. The van der Waals surface area contributed by atoms with Gasteiger partial charge in [0.25, 0.3) is 0 Å². The second-order valence-electron chi connectivity index (χ2n) is 2.89. The molecule has 0 radical (unpaired) electrons. The number of nitrogens with zero attached hydrogens (tertiary/aromatic N) is 2. The van der Waals surface area contributed by atoms with Gasteiger partial charge in [0.1, 0.15) is 0 Å². The minimum Gasteiger partial charge on any atom is -0.445 e. The van der Waals surface area contributed by atoms with E-state index in [1.54, 1.807) is 26.2 Å². The Bertz CT molecular complexity index is 278. The van der Waals surface area contributed by atoms with Crippen molar-refractivity contribution < 1.29 is 9.53 Å². The van der Waals surface area contributed by atoms with Crippen molar-refractivity contribution in [1.82, 2.24) is 9.78 Å². The lowest BCUT2D eigenvalue weighted by atomic mass is 10.4. The molecule has 0 unspecified atom stereocenters. The Morgan fingerprint density at radius 3 is 2.75 bits per heavy atom. The highest BCUT2D eigenvalue weighted by Gasteiger charge is 2.07. The molecule has 66 valence electrons. The van der Waals surface area contributed by atoms with Gasteiger partial charge in [-0.15, -0.1) is 0 Å². The number of ether oxygens (including phenoxy) is 1. The molecular formula is C8H12N2O2. The third-order valence-electron chi connectivity index (χ3n) is 1.24. The first-order chi connectivity index (χ1) is 5.59. The van der Waals surface area contributed by atoms with Gasteiger partial charge in [-0.3, -0.25) is 0 Å². The Hall–Kier alpha value is -1.32. The number of aromatic nitrogens is 2. The van der Waals surface area contributed by atoms with Crippen LogP contribution in [-0.4, -0.2) is 22.0 Å². The molecule has 4 nitrogen and oxygen atoms in total. The first kappa shape index (κ1) is 8.77. The van der Waals surface area contributed by atoms with Crippen molar-refractivity contribution in [3.8, 4) is 0 Å². The highest BCUT2D eigenvalue weighted by molar-refractivity contribution is 5.69. The first-order valence-corrected chi connectivity index (χ1v) is 3.82. The van der Waals surface area contributed by atoms with Gasteiger partial charge in [0.05, 0.1) is 12.3 Å². The van der Waals surface area contributed by atoms with Crippen LogP contribution in [0.15, 0.2) is 12.4 Å². The summed E-state index contributed by atoms with van der Waals surface area (Å²) in [7, 11) is 0. The zero-order valence-electron chi connectivity index (χ0n) is 7.44. The summed E-state index contributed by atoms with van der Waals surface area (Å²) in [6, 6.07) is 0. The molecule has 4 heteroatoms. The smallest absolute Gasteiger partial charge is 0.434 e. The lowest BCUT2D eigenvalue weighted by Crippen LogP contribution is -2.18. The van der Waals surface area contributed by atoms with Crippen LogP contribution in [0.2, 0.25) is 0 Å². The Balaban J connectivity index is 2.65. The minimum atomic E-state index is -0.432. The van der Waals surface area contributed by atoms with E-state index < -0.39 is 6.09 Å². The molecule has 12 heavy (non-hydrogen) atoms. The van der Waals surface area contributed by atoms with Gasteiger partial charge >= 0.3 is 6.09 Å². The van der Waals surface area contributed by atoms with E-state index in [-0.39, 0.29) is 6.10 Å². The molecule has 1 aromatic rings. The van der Waals surface area contributed by atoms with Gasteiger partial charge in [0, 0.05) is 6.20 Å². The molecule has 0 atom stereocenters. The highest BCUT2D eigenvalue weighted by Crippen LogP contribution is 1.97. The molecule has 0 bridgehead atoms. The monoisotopic (exact) mass is 168 g/mol. The maximum Gasteiger partial charge on any atom is 0.434 e. The molecule has 0 aromatic carbocycles. The number of carbonyl (C=O) groups is 1. The summed E-state index contributed by atoms with van der Waals surface area (Å²) in [5, 5.41) is 3.81. The molecule has 0 aliphatic carbocycles. The average Bonchev–Trinajstić information content (AvgIpc) is 2.34. The Morgan fingerprint density at radius 2 is 2.33 bits per heavy atom. The number of carbonyl (C=O) groups excluding carboxylic acids is 1. The van der Waals surface area contributed by atoms with E-state index >= 15 is 0 Å². The fourth-order valence-electron chi connectivity index (χ4n) is 0.768. The van der Waals surface area contributed by atoms with Crippen molar-refractivity contribution in [1.29, 1.82) is 0 Å². The predicted molar refractivity (Wildman–Crippen MR) is 44.0 cm³/mol. The van der Waals surface area contributed by atoms with Crippen molar-refractivity contribution in [2.75, 3.05) is 0 Å². The zero-order valence-corrected chi connectivity index (χ0v) is 7.44. The van der Waals surface area contributed by atoms with Crippen LogP contribution in [0.5, 0.6) is 0 Å². The van der Waals surface area contributed by atoms with E-state index in [2.05, 4.69) is 5.10 Å². The van der Waals surface area contributed by atoms with Crippen molar-refractivity contribution in [3.05, 3.63) is 18.0 Å². The topological polar surface area (TPSA) is 44.1 Å². The van der Waals surface area contributed by atoms with Crippen LogP contribution >= 0.6 is 0 Å². The second kappa shape index (κ2) is 3.38. The highest BCUT2D eigenvalue weighted by atomic mass is 16.6. The van der Waals surface area contributed by atoms with Gasteiger partial charge in [-0.25, -0.2) is 4.79 Å². The Morgan fingerprint density at radius 1 is 1.67 bits per heavy atom. The van der Waals surface area contributed by atoms with Gasteiger partial charge in [-0.2, -0.15) is 9.78 Å². The molecular weight excluding hydrogens is 156 g/mol. The average molecular weight is 168 g/mol. The fourth-order valence-corrected chi connectivity index (χ4v) is 0.768. The van der Waals surface area contributed by atoms with Crippen LogP contribution in [0.3, 0.4) is 0 Å². The van der Waals surface area contributed by atoms with Crippen LogP contribution in [0.25, 0.3) is 0 Å². The number of rotatable bonds is 1. The summed E-state index contributed by atoms with van der Waals surface area (Å²) in [5.41, 5.74) is 0.940. The molecule has 1 heterocycles. The van der Waals surface area contributed by atoms with Crippen LogP contribution in [0.1, 0.15) is 19.4 Å². The molecule has 0 spiro atoms. The van der Waals surface area contributed by atoms with Crippen molar-refractivity contribution in [2.45, 2.75) is 26.9 Å². The Labute approximate surface area is 71.1 Å². The van der Waals surface area contributed by atoms with Crippen molar-refractivity contribution >= 4 is 6.09 Å². The van der Waals surface area contributed by atoms with Crippen LogP contribution in [0, 0.1) is 6.92 Å².